The van der Waals surface area contributed by atoms with Crippen molar-refractivity contribution in [2.24, 2.45) is 0 Å². The summed E-state index contributed by atoms with van der Waals surface area (Å²) >= 11 is 0. The maximum atomic E-state index is 16.1. The van der Waals surface area contributed by atoms with E-state index in [-0.39, 0.29) is 199 Å². The fourth-order valence-corrected chi connectivity index (χ4v) is 19.6. The molecular formula is C68H94N8O14+2. The van der Waals surface area contributed by atoms with E-state index in [1.807, 2.05) is 57.1 Å². The predicted octanol–water partition coefficient (Wildman–Crippen LogP) is 6.23. The summed E-state index contributed by atoms with van der Waals surface area (Å²) in [6.07, 6.45) is 5.84. The van der Waals surface area contributed by atoms with Crippen molar-refractivity contribution in [2.75, 3.05) is 65.4 Å². The summed E-state index contributed by atoms with van der Waals surface area (Å²) in [6, 6.07) is 4.52. The van der Waals surface area contributed by atoms with E-state index in [1.54, 1.807) is 0 Å². The number of likely N-dealkylation sites (tertiary alicyclic amines) is 8. The second kappa shape index (κ2) is 24.9. The number of phenols is 4. The molecule has 8 heterocycles. The summed E-state index contributed by atoms with van der Waals surface area (Å²) in [6.45, 7) is 9.34. The number of benzene rings is 2. The zero-order chi connectivity index (χ0) is 64.3. The van der Waals surface area contributed by atoms with Crippen molar-refractivity contribution in [3.63, 3.8) is 0 Å². The van der Waals surface area contributed by atoms with Crippen molar-refractivity contribution in [2.45, 2.75) is 228 Å². The predicted molar refractivity (Wildman–Crippen MR) is 328 cm³/mol. The molecule has 0 bridgehead atoms. The molecule has 488 valence electrons. The maximum Gasteiger partial charge on any atom is 0.314 e. The summed E-state index contributed by atoms with van der Waals surface area (Å²) in [5.41, 5.74) is -5.92. The molecule has 2 aromatic carbocycles. The lowest BCUT2D eigenvalue weighted by Crippen LogP contribution is -2.82. The number of quaternary nitrogens is 2. The first-order valence-corrected chi connectivity index (χ1v) is 33.6. The third-order valence-electron chi connectivity index (χ3n) is 24.0. The quantitative estimate of drug-likeness (QED) is 0.0651. The molecule has 22 heteroatoms. The molecule has 10 atom stereocenters. The Hall–Kier alpha value is -6.94. The third-order valence-corrected chi connectivity index (χ3v) is 24.0. The van der Waals surface area contributed by atoms with Gasteiger partial charge in [0.05, 0.1) is 48.6 Å². The van der Waals surface area contributed by atoms with Gasteiger partial charge >= 0.3 is 11.8 Å². The lowest BCUT2D eigenvalue weighted by atomic mass is 9.56. The van der Waals surface area contributed by atoms with Crippen LogP contribution in [0.3, 0.4) is 0 Å². The van der Waals surface area contributed by atoms with Gasteiger partial charge in [0, 0.05) is 133 Å². The van der Waals surface area contributed by atoms with Gasteiger partial charge in [0.1, 0.15) is 12.1 Å². The number of Topliss-reactive ketones (excluding diaryl/α,β-unsaturated/α-hetero) is 2. The van der Waals surface area contributed by atoms with Gasteiger partial charge in [-0.2, -0.15) is 0 Å². The summed E-state index contributed by atoms with van der Waals surface area (Å²) < 4.78 is -0.812. The first-order chi connectivity index (χ1) is 42.9. The average molecular weight is 1250 g/mol. The van der Waals surface area contributed by atoms with Crippen LogP contribution in [0.15, 0.2) is 36.4 Å². The van der Waals surface area contributed by atoms with Gasteiger partial charge in [0.25, 0.3) is 0 Å². The summed E-state index contributed by atoms with van der Waals surface area (Å²) in [7, 11) is 0. The summed E-state index contributed by atoms with van der Waals surface area (Å²) in [4.78, 5) is 166. The SMILES string of the molecule is CCC(C[C@]1(N2CCCC2=O)CC(N2CCCC2=O)C[C@@](C)([N+]2(CC(=O)c3ccc(O)c(O)c3)CCCC2=O)C(CC)(N2CCCC2=O)CC(N2CCCC2=O)CC1(CC(C)[N+]1(CC(=O)c2ccc(O)c(O)c2)CCCC1=O)N1CCCC1=O)N1CCCC1=O. The van der Waals surface area contributed by atoms with Crippen molar-refractivity contribution in [1.82, 2.24) is 29.4 Å². The molecule has 4 N–H and O–H groups in total. The van der Waals surface area contributed by atoms with Gasteiger partial charge in [-0.05, 0) is 127 Å². The number of carbonyl (C=O) groups is 10. The molecular weight excluding hydrogens is 1150 g/mol. The van der Waals surface area contributed by atoms with E-state index < -0.39 is 91.9 Å². The highest BCUT2D eigenvalue weighted by atomic mass is 16.3. The Balaban J connectivity index is 1.24. The minimum atomic E-state index is -1.59. The minimum absolute atomic E-state index is 0.00253. The van der Waals surface area contributed by atoms with Gasteiger partial charge in [0.15, 0.2) is 29.5 Å². The molecule has 90 heavy (non-hydrogen) atoms. The molecule has 9 fully saturated rings. The highest BCUT2D eigenvalue weighted by molar-refractivity contribution is 5.99. The fraction of sp³-hybridized carbons (Fsp3) is 0.676. The van der Waals surface area contributed by atoms with Crippen LogP contribution < -0.4 is 0 Å². The van der Waals surface area contributed by atoms with Crippen LogP contribution in [0, 0.1) is 0 Å². The lowest BCUT2D eigenvalue weighted by Gasteiger charge is -2.66. The molecule has 1 aliphatic carbocycles. The standard InChI is InChI=1S/C68H92N8O14/c1-5-48(69-27-7-15-57(69)83)39-68(74-32-12-20-62(74)88)41-49(70-28-8-16-58(70)84)38-65(4,76(34-14-22-64(76)90)44-56(82)47-24-26-52(78)54(80)36-47)66(6-2,72-30-10-18-60(72)86)40-50(71-29-9-17-59(71)85)42-67(68,73-31-11-19-61(73)87)37-45(3)75(33-13-21-63(75)89)43-55(81)46-23-25-51(77)53(79)35-46/h23-26,35-36,45,48-50H,5-22,27-34,37-44H2,1-4H3,(H2-2,77,78,79,80,81,82)/p+2/t45?,48?,49?,50?,65-,66?,67?,68+,75?,76?/m1/s1. The smallest absolute Gasteiger partial charge is 0.314 e. The van der Waals surface area contributed by atoms with Crippen molar-refractivity contribution < 1.29 is 77.3 Å². The Morgan fingerprint density at radius 2 is 0.944 bits per heavy atom. The lowest BCUT2D eigenvalue weighted by molar-refractivity contribution is -0.898. The molecule has 0 aromatic heterocycles. The minimum Gasteiger partial charge on any atom is -0.504 e. The molecule has 8 amide bonds. The van der Waals surface area contributed by atoms with E-state index in [9.17, 15) is 30.0 Å². The number of rotatable bonds is 20. The Bertz CT molecular complexity index is 3250. The molecule has 1 saturated carbocycles. The molecule has 8 aliphatic heterocycles. The molecule has 9 aliphatic rings. The third kappa shape index (κ3) is 10.6. The molecule has 0 radical (unpaired) electrons. The Labute approximate surface area is 527 Å². The monoisotopic (exact) mass is 1250 g/mol. The van der Waals surface area contributed by atoms with E-state index in [0.717, 1.165) is 0 Å². The van der Waals surface area contributed by atoms with Crippen LogP contribution in [0.2, 0.25) is 0 Å². The first-order valence-electron chi connectivity index (χ1n) is 33.6. The van der Waals surface area contributed by atoms with Crippen LogP contribution in [-0.2, 0) is 38.4 Å². The number of nitrogens with zero attached hydrogens (tertiary/aromatic N) is 8. The van der Waals surface area contributed by atoms with Gasteiger partial charge < -0.3 is 49.8 Å². The van der Waals surface area contributed by atoms with Crippen LogP contribution in [0.5, 0.6) is 23.0 Å². The number of phenolic OH excluding ortho intramolecular Hbond substituents is 4. The summed E-state index contributed by atoms with van der Waals surface area (Å²) in [5, 5.41) is 42.4. The number of ketones is 2. The van der Waals surface area contributed by atoms with Crippen LogP contribution in [0.4, 0.5) is 0 Å². The average Bonchev–Trinajstić information content (AvgIpc) is 1.18. The fourth-order valence-electron chi connectivity index (χ4n) is 19.6. The van der Waals surface area contributed by atoms with Gasteiger partial charge in [-0.15, -0.1) is 0 Å². The van der Waals surface area contributed by atoms with E-state index in [1.165, 1.54) is 36.4 Å². The molecule has 2 aromatic rings. The van der Waals surface area contributed by atoms with Crippen molar-refractivity contribution >= 4 is 58.8 Å². The van der Waals surface area contributed by atoms with Crippen LogP contribution in [0.1, 0.15) is 203 Å². The van der Waals surface area contributed by atoms with E-state index in [2.05, 4.69) is 0 Å². The molecule has 0 spiro atoms. The number of hydrogen-bond acceptors (Lipinski definition) is 14. The summed E-state index contributed by atoms with van der Waals surface area (Å²) in [5.74, 6) is -4.24. The maximum absolute atomic E-state index is 16.1. The first kappa shape index (κ1) is 64.6. The van der Waals surface area contributed by atoms with Gasteiger partial charge in [0.2, 0.25) is 47.0 Å². The highest BCUT2D eigenvalue weighted by Gasteiger charge is 2.73. The zero-order valence-corrected chi connectivity index (χ0v) is 53.3. The normalized spacial score (nSPS) is 32.8. The van der Waals surface area contributed by atoms with Crippen LogP contribution >= 0.6 is 0 Å². The number of amides is 8. The Kier molecular flexibility index (Phi) is 17.9. The number of hydrogen-bond donors (Lipinski definition) is 4. The topological polar surface area (TPSA) is 271 Å². The van der Waals surface area contributed by atoms with Gasteiger partial charge in [-0.25, -0.2) is 14.1 Å². The van der Waals surface area contributed by atoms with E-state index >= 15 is 38.4 Å². The van der Waals surface area contributed by atoms with Gasteiger partial charge in [-0.1, -0.05) is 13.8 Å². The largest absolute Gasteiger partial charge is 0.504 e. The number of aromatic hydroxyl groups is 4. The molecule has 8 saturated heterocycles. The van der Waals surface area contributed by atoms with Crippen molar-refractivity contribution in [3.05, 3.63) is 47.5 Å². The van der Waals surface area contributed by atoms with Gasteiger partial charge in [-0.3, -0.25) is 42.8 Å². The van der Waals surface area contributed by atoms with E-state index in [0.29, 0.717) is 77.3 Å². The molecule has 11 rings (SSSR count). The van der Waals surface area contributed by atoms with Crippen molar-refractivity contribution in [1.29, 1.82) is 0 Å². The Morgan fingerprint density at radius 1 is 0.500 bits per heavy atom. The second-order valence-electron chi connectivity index (χ2n) is 28.2. The highest BCUT2D eigenvalue weighted by Crippen LogP contribution is 2.59. The van der Waals surface area contributed by atoms with Crippen LogP contribution in [-0.4, -0.2) is 229 Å². The second-order valence-corrected chi connectivity index (χ2v) is 28.2. The molecule has 22 nitrogen and oxygen atoms in total. The zero-order valence-electron chi connectivity index (χ0n) is 53.3. The molecule has 8 unspecified atom stereocenters. The van der Waals surface area contributed by atoms with Crippen LogP contribution in [0.25, 0.3) is 0 Å². The van der Waals surface area contributed by atoms with E-state index in [4.69, 9.17) is 0 Å². The van der Waals surface area contributed by atoms with Crippen molar-refractivity contribution in [3.8, 4) is 23.0 Å². The Morgan fingerprint density at radius 3 is 1.37 bits per heavy atom. The number of carbonyl (C=O) groups excluding carboxylic acids is 10.